The molecule has 1 aromatic carbocycles. The first kappa shape index (κ1) is 15.6. The van der Waals surface area contributed by atoms with Crippen molar-refractivity contribution < 1.29 is 0 Å². The van der Waals surface area contributed by atoms with E-state index >= 15 is 0 Å². The molecule has 1 aromatic heterocycles. The van der Waals surface area contributed by atoms with Crippen LogP contribution in [0.25, 0.3) is 0 Å². The van der Waals surface area contributed by atoms with Crippen LogP contribution in [0.2, 0.25) is 0 Å². The summed E-state index contributed by atoms with van der Waals surface area (Å²) >= 11 is 0. The molecular formula is C18H23N3O2. The summed E-state index contributed by atoms with van der Waals surface area (Å²) in [6.07, 6.45) is 5.85. The van der Waals surface area contributed by atoms with Gasteiger partial charge in [-0.1, -0.05) is 49.6 Å². The van der Waals surface area contributed by atoms with E-state index in [1.165, 1.54) is 26.3 Å². The highest BCUT2D eigenvalue weighted by atomic mass is 16.2. The Bertz CT molecular complexity index is 771. The molecule has 1 aliphatic rings. The molecule has 0 bridgehead atoms. The van der Waals surface area contributed by atoms with Crippen molar-refractivity contribution in [2.45, 2.75) is 44.7 Å². The Kier molecular flexibility index (Phi) is 4.65. The fourth-order valence-electron chi connectivity index (χ4n) is 3.16. The standard InChI is InChI=1S/C18H23N3O2/c1-20-17(22)12-16(19-15-10-6-3-7-11-15)21(18(20)23)13-14-8-4-2-5-9-14/h2,4-5,8-9,12,15,19H,3,6-7,10-11,13H2,1H3. The van der Waals surface area contributed by atoms with Gasteiger partial charge in [0.15, 0.2) is 0 Å². The summed E-state index contributed by atoms with van der Waals surface area (Å²) in [6, 6.07) is 11.7. The fraction of sp³-hybridized carbons (Fsp3) is 0.444. The molecule has 1 heterocycles. The second kappa shape index (κ2) is 6.86. The van der Waals surface area contributed by atoms with Crippen LogP contribution in [0.3, 0.4) is 0 Å². The highest BCUT2D eigenvalue weighted by Crippen LogP contribution is 2.21. The lowest BCUT2D eigenvalue weighted by atomic mass is 9.95. The van der Waals surface area contributed by atoms with Crippen LogP contribution in [0.1, 0.15) is 37.7 Å². The van der Waals surface area contributed by atoms with Crippen molar-refractivity contribution in [2.24, 2.45) is 7.05 Å². The lowest BCUT2D eigenvalue weighted by Crippen LogP contribution is -2.40. The van der Waals surface area contributed by atoms with E-state index < -0.39 is 0 Å². The van der Waals surface area contributed by atoms with Crippen LogP contribution >= 0.6 is 0 Å². The van der Waals surface area contributed by atoms with Crippen LogP contribution in [0.4, 0.5) is 5.82 Å². The van der Waals surface area contributed by atoms with Crippen molar-refractivity contribution in [2.75, 3.05) is 5.32 Å². The zero-order valence-electron chi connectivity index (χ0n) is 13.5. The van der Waals surface area contributed by atoms with Gasteiger partial charge in [0.25, 0.3) is 5.56 Å². The van der Waals surface area contributed by atoms with E-state index in [0.717, 1.165) is 23.0 Å². The number of nitrogens with zero attached hydrogens (tertiary/aromatic N) is 2. The van der Waals surface area contributed by atoms with Gasteiger partial charge < -0.3 is 5.32 Å². The molecule has 0 amide bonds. The quantitative estimate of drug-likeness (QED) is 0.942. The van der Waals surface area contributed by atoms with Crippen molar-refractivity contribution in [3.05, 3.63) is 62.8 Å². The smallest absolute Gasteiger partial charge is 0.332 e. The Morgan fingerprint density at radius 1 is 1.09 bits per heavy atom. The minimum absolute atomic E-state index is 0.266. The van der Waals surface area contributed by atoms with Crippen LogP contribution in [0.5, 0.6) is 0 Å². The Morgan fingerprint density at radius 2 is 1.78 bits per heavy atom. The minimum atomic E-state index is -0.278. The molecule has 1 fully saturated rings. The first-order valence-corrected chi connectivity index (χ1v) is 8.26. The van der Waals surface area contributed by atoms with Crippen molar-refractivity contribution in [3.8, 4) is 0 Å². The van der Waals surface area contributed by atoms with E-state index in [9.17, 15) is 9.59 Å². The number of rotatable bonds is 4. The molecule has 23 heavy (non-hydrogen) atoms. The van der Waals surface area contributed by atoms with Gasteiger partial charge in [-0.15, -0.1) is 0 Å². The third-order valence-electron chi connectivity index (χ3n) is 4.54. The fourth-order valence-corrected chi connectivity index (χ4v) is 3.16. The number of aromatic nitrogens is 2. The molecule has 0 unspecified atom stereocenters. The SMILES string of the molecule is Cn1c(=O)cc(NC2CCCCC2)n(Cc2ccccc2)c1=O. The summed E-state index contributed by atoms with van der Waals surface area (Å²) in [5.74, 6) is 0.633. The van der Waals surface area contributed by atoms with Crippen molar-refractivity contribution in [1.82, 2.24) is 9.13 Å². The monoisotopic (exact) mass is 313 g/mol. The highest BCUT2D eigenvalue weighted by Gasteiger charge is 2.16. The number of anilines is 1. The molecule has 5 nitrogen and oxygen atoms in total. The van der Waals surface area contributed by atoms with E-state index in [0.29, 0.717) is 18.4 Å². The molecule has 1 aliphatic carbocycles. The summed E-state index contributed by atoms with van der Waals surface area (Å²) in [7, 11) is 1.52. The Morgan fingerprint density at radius 3 is 2.48 bits per heavy atom. The number of benzene rings is 1. The molecule has 0 atom stereocenters. The second-order valence-corrected chi connectivity index (χ2v) is 6.26. The normalized spacial score (nSPS) is 15.5. The first-order chi connectivity index (χ1) is 11.1. The summed E-state index contributed by atoms with van der Waals surface area (Å²) in [5, 5.41) is 3.43. The molecule has 5 heteroatoms. The molecule has 1 saturated carbocycles. The van der Waals surface area contributed by atoms with Crippen LogP contribution in [-0.4, -0.2) is 15.2 Å². The van der Waals surface area contributed by atoms with Gasteiger partial charge in [-0.2, -0.15) is 0 Å². The molecular weight excluding hydrogens is 290 g/mol. The van der Waals surface area contributed by atoms with Gasteiger partial charge in [0.2, 0.25) is 0 Å². The minimum Gasteiger partial charge on any atom is -0.368 e. The van der Waals surface area contributed by atoms with Crippen LogP contribution in [-0.2, 0) is 13.6 Å². The maximum absolute atomic E-state index is 12.5. The predicted octanol–water partition coefficient (Wildman–Crippen LogP) is 2.34. The van der Waals surface area contributed by atoms with Gasteiger partial charge in [-0.25, -0.2) is 4.79 Å². The largest absolute Gasteiger partial charge is 0.368 e. The average Bonchev–Trinajstić information content (AvgIpc) is 2.58. The van der Waals surface area contributed by atoms with Gasteiger partial charge in [-0.3, -0.25) is 13.9 Å². The third kappa shape index (κ3) is 3.55. The van der Waals surface area contributed by atoms with E-state index in [4.69, 9.17) is 0 Å². The molecule has 0 spiro atoms. The summed E-state index contributed by atoms with van der Waals surface area (Å²) in [6.45, 7) is 0.461. The van der Waals surface area contributed by atoms with Crippen molar-refractivity contribution in [3.63, 3.8) is 0 Å². The Hall–Kier alpha value is -2.30. The lowest BCUT2D eigenvalue weighted by molar-refractivity contribution is 0.459. The maximum Gasteiger partial charge on any atom is 0.332 e. The zero-order valence-corrected chi connectivity index (χ0v) is 13.5. The highest BCUT2D eigenvalue weighted by molar-refractivity contribution is 5.36. The van der Waals surface area contributed by atoms with E-state index in [1.54, 1.807) is 10.6 Å². The molecule has 0 radical (unpaired) electrons. The van der Waals surface area contributed by atoms with Gasteiger partial charge in [-0.05, 0) is 18.4 Å². The molecule has 122 valence electrons. The Labute approximate surface area is 135 Å². The molecule has 3 rings (SSSR count). The van der Waals surface area contributed by atoms with Crippen molar-refractivity contribution >= 4 is 5.82 Å². The second-order valence-electron chi connectivity index (χ2n) is 6.26. The first-order valence-electron chi connectivity index (χ1n) is 8.26. The van der Waals surface area contributed by atoms with Crippen LogP contribution in [0.15, 0.2) is 46.0 Å². The number of hydrogen-bond donors (Lipinski definition) is 1. The van der Waals surface area contributed by atoms with Crippen LogP contribution < -0.4 is 16.6 Å². The predicted molar refractivity (Wildman–Crippen MR) is 92.0 cm³/mol. The summed E-state index contributed by atoms with van der Waals surface area (Å²) in [5.41, 5.74) is 0.497. The van der Waals surface area contributed by atoms with Gasteiger partial charge in [0, 0.05) is 19.2 Å². The molecule has 1 N–H and O–H groups in total. The van der Waals surface area contributed by atoms with Crippen molar-refractivity contribution in [1.29, 1.82) is 0 Å². The van der Waals surface area contributed by atoms with Gasteiger partial charge in [0.1, 0.15) is 5.82 Å². The van der Waals surface area contributed by atoms with E-state index in [1.807, 2.05) is 30.3 Å². The molecule has 2 aromatic rings. The number of nitrogens with one attached hydrogen (secondary N) is 1. The lowest BCUT2D eigenvalue weighted by Gasteiger charge is -2.25. The van der Waals surface area contributed by atoms with Crippen LogP contribution in [0, 0.1) is 0 Å². The number of hydrogen-bond acceptors (Lipinski definition) is 3. The van der Waals surface area contributed by atoms with E-state index in [-0.39, 0.29) is 11.2 Å². The Balaban J connectivity index is 1.96. The summed E-state index contributed by atoms with van der Waals surface area (Å²) in [4.78, 5) is 24.6. The van der Waals surface area contributed by atoms with Gasteiger partial charge >= 0.3 is 5.69 Å². The van der Waals surface area contributed by atoms with Gasteiger partial charge in [0.05, 0.1) is 6.54 Å². The topological polar surface area (TPSA) is 56.0 Å². The van der Waals surface area contributed by atoms with E-state index in [2.05, 4.69) is 5.32 Å². The molecule has 0 saturated heterocycles. The summed E-state index contributed by atoms with van der Waals surface area (Å²) < 4.78 is 2.82. The average molecular weight is 313 g/mol. The maximum atomic E-state index is 12.5. The molecule has 0 aliphatic heterocycles. The zero-order chi connectivity index (χ0) is 16.2. The third-order valence-corrected chi connectivity index (χ3v) is 4.54.